The van der Waals surface area contributed by atoms with Gasteiger partial charge in [-0.2, -0.15) is 0 Å². The Bertz CT molecular complexity index is 1960. The fourth-order valence-electron chi connectivity index (χ4n) is 5.37. The van der Waals surface area contributed by atoms with Crippen LogP contribution in [-0.2, 0) is 6.61 Å². The van der Waals surface area contributed by atoms with Crippen LogP contribution in [0.2, 0.25) is 0 Å². The van der Waals surface area contributed by atoms with Crippen LogP contribution < -0.4 is 19.8 Å². The molecule has 0 radical (unpaired) electrons. The fourth-order valence-corrected chi connectivity index (χ4v) is 6.36. The number of hydrogen-bond donors (Lipinski definition) is 0. The molecular weight excluding hydrogens is 564 g/mol. The summed E-state index contributed by atoms with van der Waals surface area (Å²) in [5.74, 6) is 0.333. The van der Waals surface area contributed by atoms with Crippen molar-refractivity contribution in [1.82, 2.24) is 4.98 Å². The summed E-state index contributed by atoms with van der Waals surface area (Å²) in [6, 6.07) is 17.9. The van der Waals surface area contributed by atoms with Crippen LogP contribution in [0.15, 0.2) is 69.9 Å². The van der Waals surface area contributed by atoms with Crippen LogP contribution in [0.4, 0.5) is 5.13 Å². The molecule has 0 saturated carbocycles. The topological polar surface area (TPSA) is 98.9 Å². The Hall–Kier alpha value is -4.76. The summed E-state index contributed by atoms with van der Waals surface area (Å²) in [5.41, 5.74) is 4.31. The zero-order valence-electron chi connectivity index (χ0n) is 24.5. The second-order valence-corrected chi connectivity index (χ2v) is 11.5. The number of carbonyl (C=O) groups excluding carboxylic acids is 2. The number of nitrogens with zero attached hydrogens (tertiary/aromatic N) is 2. The average Bonchev–Trinajstić information content (AvgIpc) is 3.51. The van der Waals surface area contributed by atoms with Crippen LogP contribution in [0, 0.1) is 20.8 Å². The first-order valence-corrected chi connectivity index (χ1v) is 14.8. The number of Topliss-reactive ketones (excluding diaryl/α,β-unsaturated/α-hetero) is 1. The minimum absolute atomic E-state index is 0.0367. The molecule has 1 aliphatic heterocycles. The van der Waals surface area contributed by atoms with Crippen molar-refractivity contribution in [2.24, 2.45) is 0 Å². The van der Waals surface area contributed by atoms with Gasteiger partial charge in [-0.3, -0.25) is 19.3 Å². The summed E-state index contributed by atoms with van der Waals surface area (Å²) in [6.45, 7) is 9.66. The fraction of sp³-hybridized carbons (Fsp3) is 0.235. The Labute approximate surface area is 252 Å². The minimum atomic E-state index is -0.863. The number of aryl methyl sites for hydroxylation is 3. The monoisotopic (exact) mass is 594 g/mol. The normalized spacial score (nSPS) is 14.3. The number of ketones is 1. The predicted octanol–water partition coefficient (Wildman–Crippen LogP) is 7.10. The van der Waals surface area contributed by atoms with Gasteiger partial charge in [0.05, 0.1) is 34.2 Å². The quantitative estimate of drug-likeness (QED) is 0.177. The summed E-state index contributed by atoms with van der Waals surface area (Å²) in [4.78, 5) is 47.0. The number of aromatic nitrogens is 1. The number of ether oxygens (including phenoxy) is 2. The Kier molecular flexibility index (Phi) is 7.35. The lowest BCUT2D eigenvalue weighted by atomic mass is 9.97. The number of carbonyl (C=O) groups is 2. The van der Waals surface area contributed by atoms with Crippen LogP contribution in [-0.4, -0.2) is 23.3 Å². The zero-order valence-corrected chi connectivity index (χ0v) is 25.3. The molecule has 0 bridgehead atoms. The second kappa shape index (κ2) is 11.1. The lowest BCUT2D eigenvalue weighted by molar-refractivity contribution is 0.0969. The van der Waals surface area contributed by atoms with E-state index in [4.69, 9.17) is 13.9 Å². The molecule has 2 aromatic heterocycles. The number of hydrogen-bond acceptors (Lipinski definition) is 8. The molecule has 6 rings (SSSR count). The molecule has 43 heavy (non-hydrogen) atoms. The molecule has 8 nitrogen and oxygen atoms in total. The maximum Gasteiger partial charge on any atom is 0.297 e. The minimum Gasteiger partial charge on any atom is -0.490 e. The van der Waals surface area contributed by atoms with E-state index in [1.807, 2.05) is 57.2 Å². The van der Waals surface area contributed by atoms with Gasteiger partial charge in [-0.15, -0.1) is 0 Å². The zero-order chi connectivity index (χ0) is 30.4. The van der Waals surface area contributed by atoms with Gasteiger partial charge in [0.15, 0.2) is 27.8 Å². The lowest BCUT2D eigenvalue weighted by Gasteiger charge is -2.23. The number of rotatable bonds is 8. The SMILES string of the molecule is CCOc1cc(C2c3c(oc4cc(C)c(C)cc4c3=O)C(=O)N2c2nc(C)c(C(C)=O)s2)ccc1OCc1ccccc1. The predicted molar refractivity (Wildman–Crippen MR) is 166 cm³/mol. The van der Waals surface area contributed by atoms with Crippen molar-refractivity contribution in [3.8, 4) is 11.5 Å². The van der Waals surface area contributed by atoms with E-state index in [0.29, 0.717) is 56.9 Å². The third-order valence-electron chi connectivity index (χ3n) is 7.62. The van der Waals surface area contributed by atoms with Gasteiger partial charge in [-0.1, -0.05) is 47.7 Å². The molecular formula is C34H30N2O6S. The molecule has 5 aromatic rings. The van der Waals surface area contributed by atoms with Crippen LogP contribution >= 0.6 is 11.3 Å². The molecule has 9 heteroatoms. The van der Waals surface area contributed by atoms with Crippen molar-refractivity contribution in [3.05, 3.63) is 115 Å². The number of amides is 1. The van der Waals surface area contributed by atoms with Gasteiger partial charge in [0.1, 0.15) is 12.2 Å². The highest BCUT2D eigenvalue weighted by molar-refractivity contribution is 7.17. The molecule has 1 aliphatic rings. The number of fused-ring (bicyclic) bond motifs is 2. The third-order valence-corrected chi connectivity index (χ3v) is 8.88. The van der Waals surface area contributed by atoms with Gasteiger partial charge < -0.3 is 13.9 Å². The molecule has 1 atom stereocenters. The summed E-state index contributed by atoms with van der Waals surface area (Å²) < 4.78 is 18.3. The molecule has 3 heterocycles. The third kappa shape index (κ3) is 4.99. The molecule has 218 valence electrons. The molecule has 0 fully saturated rings. The number of benzene rings is 3. The summed E-state index contributed by atoms with van der Waals surface area (Å²) in [6.07, 6.45) is 0. The number of thiazole rings is 1. The summed E-state index contributed by atoms with van der Waals surface area (Å²) in [5, 5.41) is 0.705. The molecule has 0 spiro atoms. The first-order valence-electron chi connectivity index (χ1n) is 14.0. The van der Waals surface area contributed by atoms with Crippen molar-refractivity contribution in [3.63, 3.8) is 0 Å². The van der Waals surface area contributed by atoms with Crippen molar-refractivity contribution in [1.29, 1.82) is 0 Å². The van der Waals surface area contributed by atoms with E-state index in [2.05, 4.69) is 4.98 Å². The van der Waals surface area contributed by atoms with E-state index in [1.165, 1.54) is 11.8 Å². The lowest BCUT2D eigenvalue weighted by Crippen LogP contribution is -2.29. The van der Waals surface area contributed by atoms with Gasteiger partial charge >= 0.3 is 0 Å². The highest BCUT2D eigenvalue weighted by Crippen LogP contribution is 2.45. The van der Waals surface area contributed by atoms with E-state index in [-0.39, 0.29) is 22.5 Å². The molecule has 0 saturated heterocycles. The molecule has 0 aliphatic carbocycles. The highest BCUT2D eigenvalue weighted by Gasteiger charge is 2.45. The molecule has 1 unspecified atom stereocenters. The number of anilines is 1. The summed E-state index contributed by atoms with van der Waals surface area (Å²) in [7, 11) is 0. The largest absolute Gasteiger partial charge is 0.490 e. The van der Waals surface area contributed by atoms with Crippen LogP contribution in [0.1, 0.15) is 73.6 Å². The van der Waals surface area contributed by atoms with E-state index >= 15 is 0 Å². The Morgan fingerprint density at radius 3 is 2.42 bits per heavy atom. The first kappa shape index (κ1) is 28.4. The summed E-state index contributed by atoms with van der Waals surface area (Å²) >= 11 is 1.12. The van der Waals surface area contributed by atoms with Crippen molar-refractivity contribution < 1.29 is 23.5 Å². The van der Waals surface area contributed by atoms with E-state index in [0.717, 1.165) is 28.0 Å². The smallest absolute Gasteiger partial charge is 0.297 e. The van der Waals surface area contributed by atoms with Crippen molar-refractivity contribution in [2.75, 3.05) is 11.5 Å². The Balaban J connectivity index is 1.53. The van der Waals surface area contributed by atoms with Gasteiger partial charge in [0.25, 0.3) is 5.91 Å². The first-order chi connectivity index (χ1) is 20.7. The van der Waals surface area contributed by atoms with Gasteiger partial charge in [0.2, 0.25) is 5.76 Å². The van der Waals surface area contributed by atoms with Gasteiger partial charge in [-0.25, -0.2) is 4.98 Å². The molecule has 0 N–H and O–H groups in total. The molecule has 1 amide bonds. The van der Waals surface area contributed by atoms with Crippen molar-refractivity contribution >= 4 is 39.1 Å². The second-order valence-electron chi connectivity index (χ2n) is 10.6. The van der Waals surface area contributed by atoms with Gasteiger partial charge in [0, 0.05) is 6.92 Å². The Morgan fingerprint density at radius 1 is 0.977 bits per heavy atom. The van der Waals surface area contributed by atoms with Crippen molar-refractivity contribution in [2.45, 2.75) is 47.3 Å². The maximum absolute atomic E-state index is 14.1. The van der Waals surface area contributed by atoms with Crippen LogP contribution in [0.3, 0.4) is 0 Å². The van der Waals surface area contributed by atoms with Crippen LogP contribution in [0.5, 0.6) is 11.5 Å². The van der Waals surface area contributed by atoms with E-state index in [1.54, 1.807) is 31.2 Å². The average molecular weight is 595 g/mol. The van der Waals surface area contributed by atoms with Gasteiger partial charge in [-0.05, 0) is 74.2 Å². The van der Waals surface area contributed by atoms with Crippen LogP contribution in [0.25, 0.3) is 11.0 Å². The maximum atomic E-state index is 14.1. The van der Waals surface area contributed by atoms with E-state index < -0.39 is 11.9 Å². The Morgan fingerprint density at radius 2 is 1.72 bits per heavy atom. The highest BCUT2D eigenvalue weighted by atomic mass is 32.1. The standard InChI is InChI=1S/C34H30N2O6S/c1-6-40-27-16-23(12-13-25(27)41-17-22-10-8-7-9-11-22)29-28-30(38)24-14-18(2)19(3)15-26(24)42-31(28)33(39)36(29)34-35-20(4)32(43-34)21(5)37/h7-16,29H,6,17H2,1-5H3. The molecule has 3 aromatic carbocycles. The van der Waals surface area contributed by atoms with E-state index in [9.17, 15) is 14.4 Å².